The zero-order valence-corrected chi connectivity index (χ0v) is 13.7. The molecule has 0 bridgehead atoms. The lowest BCUT2D eigenvalue weighted by atomic mass is 10.1. The summed E-state index contributed by atoms with van der Waals surface area (Å²) in [7, 11) is 1.53. The maximum atomic E-state index is 12.2. The van der Waals surface area contributed by atoms with Crippen LogP contribution in [0.25, 0.3) is 6.08 Å². The summed E-state index contributed by atoms with van der Waals surface area (Å²) >= 11 is 11.9. The highest BCUT2D eigenvalue weighted by molar-refractivity contribution is 6.35. The molecule has 0 aromatic heterocycles. The van der Waals surface area contributed by atoms with Crippen LogP contribution >= 0.6 is 23.2 Å². The van der Waals surface area contributed by atoms with Crippen molar-refractivity contribution in [2.75, 3.05) is 12.4 Å². The third-order valence-electron chi connectivity index (χ3n) is 2.96. The van der Waals surface area contributed by atoms with Crippen molar-refractivity contribution in [3.63, 3.8) is 0 Å². The molecule has 0 aliphatic carbocycles. The Morgan fingerprint density at radius 2 is 2.04 bits per heavy atom. The lowest BCUT2D eigenvalue weighted by molar-refractivity contribution is -0.112. The predicted octanol–water partition coefficient (Wildman–Crippen LogP) is 4.55. The van der Waals surface area contributed by atoms with E-state index < -0.39 is 5.91 Å². The van der Waals surface area contributed by atoms with Gasteiger partial charge in [0, 0.05) is 21.8 Å². The highest BCUT2D eigenvalue weighted by atomic mass is 35.5. The summed E-state index contributed by atoms with van der Waals surface area (Å²) in [5.74, 6) is 0.0674. The number of nitrogens with zero attached hydrogens (tertiary/aromatic N) is 1. The number of carbonyl (C=O) groups is 1. The number of carbonyl (C=O) groups excluding carboxylic acids is 1. The molecule has 2 rings (SSSR count). The number of nitriles is 1. The van der Waals surface area contributed by atoms with Crippen LogP contribution in [0.4, 0.5) is 5.69 Å². The molecule has 1 N–H and O–H groups in total. The second-order valence-electron chi connectivity index (χ2n) is 4.52. The van der Waals surface area contributed by atoms with E-state index in [9.17, 15) is 10.1 Å². The van der Waals surface area contributed by atoms with Crippen molar-refractivity contribution in [1.82, 2.24) is 0 Å². The SMILES string of the molecule is COc1cccc(NC(=O)/C(C#N)=C/c2ccc(Cl)cc2Cl)c1. The topological polar surface area (TPSA) is 62.1 Å². The number of hydrogen-bond donors (Lipinski definition) is 1. The molecule has 0 aliphatic rings. The fourth-order valence-electron chi connectivity index (χ4n) is 1.82. The first-order chi connectivity index (χ1) is 11.0. The number of rotatable bonds is 4. The fourth-order valence-corrected chi connectivity index (χ4v) is 2.28. The van der Waals surface area contributed by atoms with Crippen LogP contribution in [0.3, 0.4) is 0 Å². The van der Waals surface area contributed by atoms with Gasteiger partial charge in [0.1, 0.15) is 17.4 Å². The largest absolute Gasteiger partial charge is 0.497 e. The minimum absolute atomic E-state index is 0.0722. The van der Waals surface area contributed by atoms with Gasteiger partial charge in [-0.2, -0.15) is 5.26 Å². The zero-order chi connectivity index (χ0) is 16.8. The van der Waals surface area contributed by atoms with Gasteiger partial charge in [0.15, 0.2) is 0 Å². The molecule has 0 spiro atoms. The van der Waals surface area contributed by atoms with Crippen LogP contribution in [0.5, 0.6) is 5.75 Å². The Morgan fingerprint density at radius 3 is 2.70 bits per heavy atom. The Morgan fingerprint density at radius 1 is 1.26 bits per heavy atom. The quantitative estimate of drug-likeness (QED) is 0.652. The molecule has 0 radical (unpaired) electrons. The predicted molar refractivity (Wildman–Crippen MR) is 91.7 cm³/mol. The molecule has 23 heavy (non-hydrogen) atoms. The molecule has 6 heteroatoms. The molecular weight excluding hydrogens is 335 g/mol. The average Bonchev–Trinajstić information content (AvgIpc) is 2.54. The summed E-state index contributed by atoms with van der Waals surface area (Å²) in [4.78, 5) is 12.2. The number of amides is 1. The van der Waals surface area contributed by atoms with Crippen LogP contribution < -0.4 is 10.1 Å². The first kappa shape index (κ1) is 16.9. The van der Waals surface area contributed by atoms with Crippen molar-refractivity contribution < 1.29 is 9.53 Å². The molecule has 0 unspecified atom stereocenters. The van der Waals surface area contributed by atoms with E-state index in [1.165, 1.54) is 13.2 Å². The molecular formula is C17H12Cl2N2O2. The van der Waals surface area contributed by atoms with E-state index in [0.29, 0.717) is 27.0 Å². The lowest BCUT2D eigenvalue weighted by Gasteiger charge is -2.06. The molecule has 116 valence electrons. The van der Waals surface area contributed by atoms with Crippen LogP contribution in [0.2, 0.25) is 10.0 Å². The van der Waals surface area contributed by atoms with Crippen molar-refractivity contribution in [2.24, 2.45) is 0 Å². The van der Waals surface area contributed by atoms with E-state index in [0.717, 1.165) is 0 Å². The standard InChI is InChI=1S/C17H12Cl2N2O2/c1-23-15-4-2-3-14(9-15)21-17(22)12(10-20)7-11-5-6-13(18)8-16(11)19/h2-9H,1H3,(H,21,22)/b12-7+. The number of methoxy groups -OCH3 is 1. The second kappa shape index (κ2) is 7.68. The van der Waals surface area contributed by atoms with Crippen molar-refractivity contribution in [2.45, 2.75) is 0 Å². The van der Waals surface area contributed by atoms with Gasteiger partial charge < -0.3 is 10.1 Å². The molecule has 0 heterocycles. The Hall–Kier alpha value is -2.48. The number of nitrogens with one attached hydrogen (secondary N) is 1. The molecule has 0 fully saturated rings. The van der Waals surface area contributed by atoms with Gasteiger partial charge in [-0.15, -0.1) is 0 Å². The summed E-state index contributed by atoms with van der Waals surface area (Å²) < 4.78 is 5.08. The summed E-state index contributed by atoms with van der Waals surface area (Å²) in [5, 5.41) is 12.7. The van der Waals surface area contributed by atoms with Gasteiger partial charge in [0.25, 0.3) is 5.91 Å². The first-order valence-corrected chi connectivity index (χ1v) is 7.31. The highest BCUT2D eigenvalue weighted by Gasteiger charge is 2.11. The first-order valence-electron chi connectivity index (χ1n) is 6.55. The number of hydrogen-bond acceptors (Lipinski definition) is 3. The van der Waals surface area contributed by atoms with Crippen LogP contribution in [0.1, 0.15) is 5.56 Å². The Bertz CT molecular complexity index is 810. The van der Waals surface area contributed by atoms with Crippen LogP contribution in [0.15, 0.2) is 48.0 Å². The molecule has 2 aromatic carbocycles. The molecule has 0 saturated carbocycles. The Balaban J connectivity index is 2.24. The van der Waals surface area contributed by atoms with Crippen molar-refractivity contribution >= 4 is 40.9 Å². The number of benzene rings is 2. The number of halogens is 2. The van der Waals surface area contributed by atoms with E-state index in [1.54, 1.807) is 42.5 Å². The minimum Gasteiger partial charge on any atom is -0.497 e. The third-order valence-corrected chi connectivity index (χ3v) is 3.52. The monoisotopic (exact) mass is 346 g/mol. The average molecular weight is 347 g/mol. The second-order valence-corrected chi connectivity index (χ2v) is 5.37. The number of anilines is 1. The van der Waals surface area contributed by atoms with E-state index >= 15 is 0 Å². The van der Waals surface area contributed by atoms with E-state index in [2.05, 4.69) is 5.32 Å². The lowest BCUT2D eigenvalue weighted by Crippen LogP contribution is -2.13. The molecule has 2 aromatic rings. The fraction of sp³-hybridized carbons (Fsp3) is 0.0588. The Kier molecular flexibility index (Phi) is 5.64. The zero-order valence-electron chi connectivity index (χ0n) is 12.1. The summed E-state index contributed by atoms with van der Waals surface area (Å²) in [6.45, 7) is 0. The summed E-state index contributed by atoms with van der Waals surface area (Å²) in [5.41, 5.74) is 0.989. The molecule has 0 aliphatic heterocycles. The maximum absolute atomic E-state index is 12.2. The van der Waals surface area contributed by atoms with Crippen molar-refractivity contribution in [1.29, 1.82) is 5.26 Å². The smallest absolute Gasteiger partial charge is 0.266 e. The highest BCUT2D eigenvalue weighted by Crippen LogP contribution is 2.23. The van der Waals surface area contributed by atoms with E-state index in [-0.39, 0.29) is 5.57 Å². The van der Waals surface area contributed by atoms with Gasteiger partial charge in [-0.25, -0.2) is 0 Å². The van der Waals surface area contributed by atoms with Crippen LogP contribution in [0, 0.1) is 11.3 Å². The van der Waals surface area contributed by atoms with Crippen molar-refractivity contribution in [3.05, 3.63) is 63.6 Å². The van der Waals surface area contributed by atoms with Gasteiger partial charge in [-0.1, -0.05) is 35.3 Å². The molecule has 0 saturated heterocycles. The molecule has 0 atom stereocenters. The van der Waals surface area contributed by atoms with E-state index in [4.69, 9.17) is 27.9 Å². The van der Waals surface area contributed by atoms with Gasteiger partial charge >= 0.3 is 0 Å². The van der Waals surface area contributed by atoms with E-state index in [1.807, 2.05) is 6.07 Å². The van der Waals surface area contributed by atoms with Gasteiger partial charge in [0.05, 0.1) is 7.11 Å². The summed E-state index contributed by atoms with van der Waals surface area (Å²) in [6.07, 6.45) is 1.41. The Labute approximate surface area is 143 Å². The minimum atomic E-state index is -0.535. The number of ether oxygens (including phenoxy) is 1. The van der Waals surface area contributed by atoms with Crippen LogP contribution in [-0.2, 0) is 4.79 Å². The van der Waals surface area contributed by atoms with Gasteiger partial charge in [0.2, 0.25) is 0 Å². The van der Waals surface area contributed by atoms with Crippen molar-refractivity contribution in [3.8, 4) is 11.8 Å². The molecule has 4 nitrogen and oxygen atoms in total. The maximum Gasteiger partial charge on any atom is 0.266 e. The summed E-state index contributed by atoms with van der Waals surface area (Å²) in [6, 6.07) is 13.5. The van der Waals surface area contributed by atoms with Crippen LogP contribution in [-0.4, -0.2) is 13.0 Å². The third kappa shape index (κ3) is 4.49. The van der Waals surface area contributed by atoms with Gasteiger partial charge in [-0.3, -0.25) is 4.79 Å². The normalized spacial score (nSPS) is 10.8. The molecule has 1 amide bonds. The van der Waals surface area contributed by atoms with Gasteiger partial charge in [-0.05, 0) is 35.9 Å².